The number of amides is 1. The van der Waals surface area contributed by atoms with Crippen LogP contribution in [0.4, 0.5) is 0 Å². The highest BCUT2D eigenvalue weighted by Crippen LogP contribution is 2.26. The van der Waals surface area contributed by atoms with Gasteiger partial charge in [-0.05, 0) is 12.1 Å². The summed E-state index contributed by atoms with van der Waals surface area (Å²) in [5, 5.41) is 3.44. The fourth-order valence-electron chi connectivity index (χ4n) is 1.81. The van der Waals surface area contributed by atoms with Crippen LogP contribution in [0.5, 0.6) is 0 Å². The van der Waals surface area contributed by atoms with Gasteiger partial charge in [0.25, 0.3) is 5.91 Å². The second-order valence-electron chi connectivity index (χ2n) is 3.78. The predicted octanol–water partition coefficient (Wildman–Crippen LogP) is 2.46. The van der Waals surface area contributed by atoms with Gasteiger partial charge in [0.1, 0.15) is 10.7 Å². The molecule has 0 fully saturated rings. The molecule has 0 saturated carbocycles. The van der Waals surface area contributed by atoms with Crippen LogP contribution in [0.1, 0.15) is 10.4 Å². The Kier molecular flexibility index (Phi) is 2.53. The number of pyridine rings is 1. The lowest BCUT2D eigenvalue weighted by atomic mass is 10.1. The highest BCUT2D eigenvalue weighted by molar-refractivity contribution is 7.13. The summed E-state index contributed by atoms with van der Waals surface area (Å²) in [4.78, 5) is 20.2. The van der Waals surface area contributed by atoms with E-state index in [-0.39, 0.29) is 0 Å². The normalized spacial score (nSPS) is 10.7. The highest BCUT2D eigenvalue weighted by atomic mass is 32.1. The fraction of sp³-hybridized carbons (Fsp3) is 0. The second-order valence-corrected chi connectivity index (χ2v) is 4.67. The lowest BCUT2D eigenvalue weighted by Gasteiger charge is -2.05. The molecule has 2 N–H and O–H groups in total. The molecule has 0 aliphatic rings. The van der Waals surface area contributed by atoms with Gasteiger partial charge < -0.3 is 5.73 Å². The van der Waals surface area contributed by atoms with Crippen LogP contribution in [0, 0.1) is 0 Å². The first-order valence-electron chi connectivity index (χ1n) is 5.35. The molecule has 0 aliphatic carbocycles. The standard InChI is InChI=1S/C13H9N3OS/c14-12(17)9-7-8-3-1-2-4-10(8)16-11(9)13-15-5-6-18-13/h1-7H,(H2,14,17). The van der Waals surface area contributed by atoms with E-state index in [1.807, 2.05) is 29.6 Å². The van der Waals surface area contributed by atoms with Gasteiger partial charge in [-0.3, -0.25) is 4.79 Å². The Balaban J connectivity index is 2.34. The van der Waals surface area contributed by atoms with Crippen LogP contribution in [0.15, 0.2) is 41.9 Å². The van der Waals surface area contributed by atoms with Crippen molar-refractivity contribution < 1.29 is 4.79 Å². The molecule has 0 spiro atoms. The topological polar surface area (TPSA) is 68.9 Å². The molecule has 1 amide bonds. The first-order valence-corrected chi connectivity index (χ1v) is 6.23. The third-order valence-electron chi connectivity index (χ3n) is 2.62. The van der Waals surface area contributed by atoms with Crippen molar-refractivity contribution in [3.05, 3.63) is 47.5 Å². The van der Waals surface area contributed by atoms with Crippen LogP contribution in [0.25, 0.3) is 21.6 Å². The van der Waals surface area contributed by atoms with Crippen molar-refractivity contribution >= 4 is 28.1 Å². The molecule has 0 unspecified atom stereocenters. The van der Waals surface area contributed by atoms with Crippen LogP contribution in [-0.4, -0.2) is 15.9 Å². The average Bonchev–Trinajstić information content (AvgIpc) is 2.91. The molecule has 0 saturated heterocycles. The number of fused-ring (bicyclic) bond motifs is 1. The number of carbonyl (C=O) groups excluding carboxylic acids is 1. The highest BCUT2D eigenvalue weighted by Gasteiger charge is 2.15. The van der Waals surface area contributed by atoms with Gasteiger partial charge in [-0.2, -0.15) is 0 Å². The van der Waals surface area contributed by atoms with Gasteiger partial charge in [0, 0.05) is 17.0 Å². The zero-order valence-electron chi connectivity index (χ0n) is 9.33. The van der Waals surface area contributed by atoms with E-state index in [9.17, 15) is 4.79 Å². The number of hydrogen-bond donors (Lipinski definition) is 1. The Bertz CT molecular complexity index is 722. The fourth-order valence-corrected chi connectivity index (χ4v) is 2.45. The van der Waals surface area contributed by atoms with Gasteiger partial charge in [0.15, 0.2) is 0 Å². The average molecular weight is 255 g/mol. The molecule has 0 radical (unpaired) electrons. The Hall–Kier alpha value is -2.27. The van der Waals surface area contributed by atoms with Crippen molar-refractivity contribution in [3.63, 3.8) is 0 Å². The molecule has 2 heterocycles. The van der Waals surface area contributed by atoms with Crippen molar-refractivity contribution in [2.24, 2.45) is 5.73 Å². The van der Waals surface area contributed by atoms with Crippen molar-refractivity contribution in [1.82, 2.24) is 9.97 Å². The number of benzene rings is 1. The molecule has 3 rings (SSSR count). The molecule has 2 aromatic heterocycles. The van der Waals surface area contributed by atoms with E-state index in [1.165, 1.54) is 11.3 Å². The van der Waals surface area contributed by atoms with Gasteiger partial charge >= 0.3 is 0 Å². The number of nitrogens with two attached hydrogens (primary N) is 1. The van der Waals surface area contributed by atoms with E-state index in [0.717, 1.165) is 10.9 Å². The van der Waals surface area contributed by atoms with E-state index >= 15 is 0 Å². The number of nitrogens with zero attached hydrogens (tertiary/aromatic N) is 2. The minimum absolute atomic E-state index is 0.406. The van der Waals surface area contributed by atoms with Crippen molar-refractivity contribution in [1.29, 1.82) is 0 Å². The quantitative estimate of drug-likeness (QED) is 0.764. The summed E-state index contributed by atoms with van der Waals surface area (Å²) in [6, 6.07) is 9.38. The van der Waals surface area contributed by atoms with Gasteiger partial charge in [0.05, 0.1) is 11.1 Å². The smallest absolute Gasteiger partial charge is 0.251 e. The number of carbonyl (C=O) groups is 1. The van der Waals surface area contributed by atoms with Crippen LogP contribution in [-0.2, 0) is 0 Å². The number of para-hydroxylation sites is 1. The first kappa shape index (κ1) is 10.9. The Morgan fingerprint density at radius 3 is 2.83 bits per heavy atom. The molecule has 5 heteroatoms. The van der Waals surface area contributed by atoms with Crippen LogP contribution in [0.2, 0.25) is 0 Å². The van der Waals surface area contributed by atoms with Crippen LogP contribution in [0.3, 0.4) is 0 Å². The summed E-state index contributed by atoms with van der Waals surface area (Å²) < 4.78 is 0. The van der Waals surface area contributed by atoms with Crippen molar-refractivity contribution in [3.8, 4) is 10.7 Å². The van der Waals surface area contributed by atoms with Gasteiger partial charge in [-0.25, -0.2) is 9.97 Å². The lowest BCUT2D eigenvalue weighted by molar-refractivity contribution is 0.100. The Morgan fingerprint density at radius 2 is 2.11 bits per heavy atom. The third-order valence-corrected chi connectivity index (χ3v) is 3.40. The predicted molar refractivity (Wildman–Crippen MR) is 71.4 cm³/mol. The summed E-state index contributed by atoms with van der Waals surface area (Å²) in [5.41, 5.74) is 7.19. The second kappa shape index (κ2) is 4.19. The summed E-state index contributed by atoms with van der Waals surface area (Å²) in [5.74, 6) is -0.488. The maximum atomic E-state index is 11.5. The number of rotatable bonds is 2. The Morgan fingerprint density at radius 1 is 1.28 bits per heavy atom. The van der Waals surface area contributed by atoms with E-state index in [0.29, 0.717) is 16.3 Å². The number of hydrogen-bond acceptors (Lipinski definition) is 4. The summed E-state index contributed by atoms with van der Waals surface area (Å²) in [7, 11) is 0. The van der Waals surface area contributed by atoms with Gasteiger partial charge in [0.2, 0.25) is 0 Å². The zero-order chi connectivity index (χ0) is 12.5. The van der Waals surface area contributed by atoms with Gasteiger partial charge in [-0.15, -0.1) is 11.3 Å². The molecular weight excluding hydrogens is 246 g/mol. The number of primary amides is 1. The van der Waals surface area contributed by atoms with Gasteiger partial charge in [-0.1, -0.05) is 18.2 Å². The van der Waals surface area contributed by atoms with E-state index in [4.69, 9.17) is 5.73 Å². The molecule has 0 atom stereocenters. The molecule has 1 aromatic carbocycles. The SMILES string of the molecule is NC(=O)c1cc2ccccc2nc1-c1nccs1. The molecular formula is C13H9N3OS. The maximum absolute atomic E-state index is 11.5. The van der Waals surface area contributed by atoms with Crippen LogP contribution < -0.4 is 5.73 Å². The molecule has 4 nitrogen and oxygen atoms in total. The molecule has 18 heavy (non-hydrogen) atoms. The summed E-state index contributed by atoms with van der Waals surface area (Å²) in [6.07, 6.45) is 1.68. The number of aromatic nitrogens is 2. The van der Waals surface area contributed by atoms with E-state index in [1.54, 1.807) is 12.3 Å². The first-order chi connectivity index (χ1) is 8.75. The molecule has 88 valence electrons. The third kappa shape index (κ3) is 1.74. The monoisotopic (exact) mass is 255 g/mol. The summed E-state index contributed by atoms with van der Waals surface area (Å²) >= 11 is 1.43. The molecule has 3 aromatic rings. The largest absolute Gasteiger partial charge is 0.366 e. The number of thiazole rings is 1. The van der Waals surface area contributed by atoms with E-state index in [2.05, 4.69) is 9.97 Å². The lowest BCUT2D eigenvalue weighted by Crippen LogP contribution is -2.13. The zero-order valence-corrected chi connectivity index (χ0v) is 10.1. The Labute approximate surface area is 107 Å². The van der Waals surface area contributed by atoms with E-state index < -0.39 is 5.91 Å². The molecule has 0 aliphatic heterocycles. The minimum Gasteiger partial charge on any atom is -0.366 e. The molecule has 0 bridgehead atoms. The summed E-state index contributed by atoms with van der Waals surface area (Å²) in [6.45, 7) is 0. The maximum Gasteiger partial charge on any atom is 0.251 e. The minimum atomic E-state index is -0.488. The van der Waals surface area contributed by atoms with Crippen LogP contribution >= 0.6 is 11.3 Å². The van der Waals surface area contributed by atoms with Crippen molar-refractivity contribution in [2.45, 2.75) is 0 Å². The van der Waals surface area contributed by atoms with Crippen molar-refractivity contribution in [2.75, 3.05) is 0 Å².